The molecule has 10 heteroatoms. The van der Waals surface area contributed by atoms with Gasteiger partial charge in [-0.2, -0.15) is 0 Å². The predicted molar refractivity (Wildman–Crippen MR) is 302 cm³/mol. The number of hydrogen-bond donors (Lipinski definition) is 2. The minimum atomic E-state index is -4.39. The van der Waals surface area contributed by atoms with Crippen LogP contribution in [0.15, 0.2) is 97.2 Å². The van der Waals surface area contributed by atoms with E-state index < -0.39 is 26.5 Å². The van der Waals surface area contributed by atoms with Gasteiger partial charge in [-0.15, -0.1) is 0 Å². The van der Waals surface area contributed by atoms with Gasteiger partial charge in [0.1, 0.15) is 6.61 Å². The van der Waals surface area contributed by atoms with Gasteiger partial charge in [-0.1, -0.05) is 239 Å². The molecule has 0 bridgehead atoms. The fraction of sp³-hybridized carbons (Fsp3) is 0.705. The quantitative estimate of drug-likeness (QED) is 0.0264. The molecule has 0 amide bonds. The standard InChI is InChI=1S/C61H106NO8P/c1-3-5-7-9-11-13-15-17-19-21-23-25-27-28-29-30-32-34-36-38-40-42-44-46-48-50-52-54-61(64)70-59(58-69-71(65,66)68-56-55-62)57-67-60(63)53-51-49-47-45-43-41-39-37-35-33-31-26-24-22-20-18-16-14-12-10-8-6-4-2/h5-8,11-14,17-20,23-26,59H,3-4,9-10,15-16,21-22,27-58,62H2,1-2H3,(H,65,66)/b7-5-,8-6-,13-11-,14-12-,19-17-,20-18-,25-23-,26-24-. The summed E-state index contributed by atoms with van der Waals surface area (Å²) in [4.78, 5) is 35.2. The number of unbranched alkanes of at least 4 members (excludes halogenated alkanes) is 24. The first-order valence-corrected chi connectivity index (χ1v) is 30.2. The average Bonchev–Trinajstić information content (AvgIpc) is 3.36. The van der Waals surface area contributed by atoms with Gasteiger partial charge in [0.2, 0.25) is 0 Å². The molecule has 0 heterocycles. The van der Waals surface area contributed by atoms with Crippen molar-refractivity contribution >= 4 is 19.8 Å². The molecule has 0 saturated heterocycles. The van der Waals surface area contributed by atoms with Crippen LogP contribution in [0.3, 0.4) is 0 Å². The third kappa shape index (κ3) is 56.1. The number of allylic oxidation sites excluding steroid dienone is 16. The normalized spacial score (nSPS) is 13.8. The van der Waals surface area contributed by atoms with E-state index in [2.05, 4.69) is 111 Å². The molecular weight excluding hydrogens is 906 g/mol. The van der Waals surface area contributed by atoms with Crippen LogP contribution in [0.5, 0.6) is 0 Å². The molecule has 9 nitrogen and oxygen atoms in total. The summed E-state index contributed by atoms with van der Waals surface area (Å²) in [6.07, 6.45) is 74.5. The maximum atomic E-state index is 12.7. The van der Waals surface area contributed by atoms with Crippen molar-refractivity contribution in [2.45, 2.75) is 251 Å². The van der Waals surface area contributed by atoms with Crippen molar-refractivity contribution in [1.82, 2.24) is 0 Å². The first-order valence-electron chi connectivity index (χ1n) is 28.7. The van der Waals surface area contributed by atoms with Gasteiger partial charge in [-0.3, -0.25) is 18.6 Å². The molecule has 2 unspecified atom stereocenters. The SMILES string of the molecule is CC/C=C\C/C=C\C/C=C\C/C=C\CCCCCCCCCCCCCCCCC(=O)OC(COC(=O)CCCCCCCCCCCC/C=C\C/C=C\C/C=C\C/C=C\CC)COP(=O)(O)OCCN. The first-order chi connectivity index (χ1) is 34.8. The number of carbonyl (C=O) groups excluding carboxylic acids is 2. The number of phosphoric ester groups is 1. The van der Waals surface area contributed by atoms with Gasteiger partial charge in [0.05, 0.1) is 13.2 Å². The van der Waals surface area contributed by atoms with E-state index >= 15 is 0 Å². The highest BCUT2D eigenvalue weighted by molar-refractivity contribution is 7.47. The van der Waals surface area contributed by atoms with E-state index in [1.165, 1.54) is 109 Å². The largest absolute Gasteiger partial charge is 0.472 e. The van der Waals surface area contributed by atoms with E-state index in [0.29, 0.717) is 6.42 Å². The Bertz CT molecular complexity index is 1480. The van der Waals surface area contributed by atoms with Gasteiger partial charge in [-0.25, -0.2) is 4.57 Å². The summed E-state index contributed by atoms with van der Waals surface area (Å²) in [5.41, 5.74) is 5.38. The molecule has 0 rings (SSSR count). The van der Waals surface area contributed by atoms with Gasteiger partial charge >= 0.3 is 19.8 Å². The van der Waals surface area contributed by atoms with Gasteiger partial charge < -0.3 is 20.1 Å². The molecule has 0 saturated carbocycles. The molecular formula is C61H106NO8P. The fourth-order valence-corrected chi connectivity index (χ4v) is 8.56. The summed E-state index contributed by atoms with van der Waals surface area (Å²) < 4.78 is 33.0. The molecule has 0 aromatic heterocycles. The third-order valence-electron chi connectivity index (χ3n) is 12.0. The zero-order valence-electron chi connectivity index (χ0n) is 45.4. The van der Waals surface area contributed by atoms with Gasteiger partial charge in [0, 0.05) is 19.4 Å². The summed E-state index contributed by atoms with van der Waals surface area (Å²) in [5.74, 6) is -0.833. The van der Waals surface area contributed by atoms with Gasteiger partial charge in [-0.05, 0) is 89.9 Å². The van der Waals surface area contributed by atoms with Crippen LogP contribution in [-0.2, 0) is 32.7 Å². The van der Waals surface area contributed by atoms with Crippen LogP contribution in [0.4, 0.5) is 0 Å². The predicted octanol–water partition coefficient (Wildman–Crippen LogP) is 18.1. The first kappa shape index (κ1) is 67.9. The number of esters is 2. The Kier molecular flexibility index (Phi) is 53.8. The minimum absolute atomic E-state index is 0.0491. The van der Waals surface area contributed by atoms with Crippen LogP contribution in [0.25, 0.3) is 0 Å². The lowest BCUT2D eigenvalue weighted by atomic mass is 10.0. The second-order valence-corrected chi connectivity index (χ2v) is 20.2. The van der Waals surface area contributed by atoms with Crippen LogP contribution in [-0.4, -0.2) is 49.3 Å². The van der Waals surface area contributed by atoms with Crippen LogP contribution in [0.2, 0.25) is 0 Å². The number of carbonyl (C=O) groups is 2. The van der Waals surface area contributed by atoms with E-state index in [1.807, 2.05) is 0 Å². The van der Waals surface area contributed by atoms with Gasteiger partial charge in [0.15, 0.2) is 6.10 Å². The zero-order valence-corrected chi connectivity index (χ0v) is 46.3. The molecule has 2 atom stereocenters. The highest BCUT2D eigenvalue weighted by atomic mass is 31.2. The topological polar surface area (TPSA) is 134 Å². The monoisotopic (exact) mass is 1010 g/mol. The van der Waals surface area contributed by atoms with Crippen molar-refractivity contribution in [1.29, 1.82) is 0 Å². The Balaban J connectivity index is 3.99. The van der Waals surface area contributed by atoms with Crippen molar-refractivity contribution in [3.8, 4) is 0 Å². The lowest BCUT2D eigenvalue weighted by molar-refractivity contribution is -0.161. The second kappa shape index (κ2) is 56.2. The average molecular weight is 1010 g/mol. The van der Waals surface area contributed by atoms with Crippen LogP contribution < -0.4 is 5.73 Å². The third-order valence-corrected chi connectivity index (χ3v) is 12.9. The number of rotatable bonds is 53. The Morgan fingerprint density at radius 3 is 1.08 bits per heavy atom. The maximum Gasteiger partial charge on any atom is 0.472 e. The molecule has 408 valence electrons. The zero-order chi connectivity index (χ0) is 51.7. The van der Waals surface area contributed by atoms with Crippen molar-refractivity contribution < 1.29 is 37.6 Å². The van der Waals surface area contributed by atoms with E-state index in [4.69, 9.17) is 24.3 Å². The lowest BCUT2D eigenvalue weighted by Crippen LogP contribution is -2.29. The molecule has 0 spiro atoms. The van der Waals surface area contributed by atoms with E-state index in [0.717, 1.165) is 103 Å². The highest BCUT2D eigenvalue weighted by Gasteiger charge is 2.26. The summed E-state index contributed by atoms with van der Waals surface area (Å²) in [5, 5.41) is 0. The van der Waals surface area contributed by atoms with E-state index in [9.17, 15) is 19.0 Å². The van der Waals surface area contributed by atoms with Crippen molar-refractivity contribution in [3.63, 3.8) is 0 Å². The van der Waals surface area contributed by atoms with Crippen LogP contribution in [0, 0.1) is 0 Å². The molecule has 3 N–H and O–H groups in total. The molecule has 0 aromatic rings. The number of nitrogens with two attached hydrogens (primary N) is 1. The Hall–Kier alpha value is -3.07. The summed E-state index contributed by atoms with van der Waals surface area (Å²) in [7, 11) is -4.39. The van der Waals surface area contributed by atoms with Crippen LogP contribution in [0.1, 0.15) is 245 Å². The number of ether oxygens (including phenoxy) is 2. The molecule has 0 aromatic carbocycles. The second-order valence-electron chi connectivity index (χ2n) is 18.7. The fourth-order valence-electron chi connectivity index (χ4n) is 7.80. The van der Waals surface area contributed by atoms with Crippen molar-refractivity contribution in [3.05, 3.63) is 97.2 Å². The molecule has 0 aliphatic rings. The number of hydrogen-bond acceptors (Lipinski definition) is 8. The molecule has 0 aliphatic carbocycles. The smallest absolute Gasteiger partial charge is 0.462 e. The summed E-state index contributed by atoms with van der Waals surface area (Å²) in [6.45, 7) is 3.53. The Morgan fingerprint density at radius 2 is 0.732 bits per heavy atom. The summed E-state index contributed by atoms with van der Waals surface area (Å²) >= 11 is 0. The van der Waals surface area contributed by atoms with Crippen molar-refractivity contribution in [2.75, 3.05) is 26.4 Å². The van der Waals surface area contributed by atoms with E-state index in [1.54, 1.807) is 0 Å². The highest BCUT2D eigenvalue weighted by Crippen LogP contribution is 2.43. The lowest BCUT2D eigenvalue weighted by Gasteiger charge is -2.19. The number of phosphoric acid groups is 1. The van der Waals surface area contributed by atoms with Gasteiger partial charge in [0.25, 0.3) is 0 Å². The van der Waals surface area contributed by atoms with E-state index in [-0.39, 0.29) is 38.6 Å². The molecule has 0 radical (unpaired) electrons. The molecule has 71 heavy (non-hydrogen) atoms. The Morgan fingerprint density at radius 1 is 0.423 bits per heavy atom. The Labute approximate surface area is 436 Å². The van der Waals surface area contributed by atoms with Crippen molar-refractivity contribution in [2.24, 2.45) is 5.73 Å². The molecule has 0 fully saturated rings. The maximum absolute atomic E-state index is 12.7. The minimum Gasteiger partial charge on any atom is -0.462 e. The van der Waals surface area contributed by atoms with Crippen LogP contribution >= 0.6 is 7.82 Å². The summed E-state index contributed by atoms with van der Waals surface area (Å²) in [6, 6.07) is 0. The molecule has 0 aliphatic heterocycles.